The number of aromatic nitrogens is 1. The molecule has 1 heterocycles. The molecule has 0 saturated heterocycles. The number of hydrogen-bond acceptors (Lipinski definition) is 2. The van der Waals surface area contributed by atoms with E-state index in [-0.39, 0.29) is 0 Å². The summed E-state index contributed by atoms with van der Waals surface area (Å²) in [5, 5.41) is 0. The van der Waals surface area contributed by atoms with Gasteiger partial charge < -0.3 is 0 Å². The van der Waals surface area contributed by atoms with Crippen LogP contribution in [0.2, 0.25) is 0 Å². The van der Waals surface area contributed by atoms with Gasteiger partial charge in [-0.15, -0.1) is 22.9 Å². The van der Waals surface area contributed by atoms with Gasteiger partial charge in [0.15, 0.2) is 0 Å². The summed E-state index contributed by atoms with van der Waals surface area (Å²) in [6.45, 7) is 0. The average Bonchev–Trinajstić information content (AvgIpc) is 2.34. The second kappa shape index (κ2) is 3.85. The Labute approximate surface area is 63.7 Å². The van der Waals surface area contributed by atoms with E-state index in [2.05, 4.69) is 4.98 Å². The molecule has 3 heteroatoms. The van der Waals surface area contributed by atoms with E-state index in [1.54, 1.807) is 11.3 Å². The molecule has 0 aliphatic rings. The molecule has 0 fully saturated rings. The van der Waals surface area contributed by atoms with Crippen LogP contribution in [0.4, 0.5) is 0 Å². The molecule has 0 aromatic carbocycles. The fourth-order valence-corrected chi connectivity index (χ4v) is 1.38. The molecule has 0 aliphatic carbocycles. The molecule has 1 rings (SSSR count). The van der Waals surface area contributed by atoms with Crippen LogP contribution in [-0.2, 0) is 6.42 Å². The predicted molar refractivity (Wildman–Crippen MR) is 41.2 cm³/mol. The predicted octanol–water partition coefficient (Wildman–Crippen LogP) is 2.31. The third kappa shape index (κ3) is 2.33. The summed E-state index contributed by atoms with van der Waals surface area (Å²) in [6.07, 6.45) is 4.04. The highest BCUT2D eigenvalue weighted by Crippen LogP contribution is 2.08. The molecule has 50 valence electrons. The Balaban J connectivity index is 2.30. The molecule has 0 aliphatic heterocycles. The van der Waals surface area contributed by atoms with E-state index < -0.39 is 0 Å². The Bertz CT molecular complexity index is 150. The Morgan fingerprint density at radius 3 is 3.11 bits per heavy atom. The van der Waals surface area contributed by atoms with Crippen molar-refractivity contribution in [3.05, 3.63) is 16.6 Å². The smallest absolute Gasteiger partial charge is 0.0794 e. The first kappa shape index (κ1) is 7.03. The SMILES string of the molecule is ClCCCc1cncs1. The summed E-state index contributed by atoms with van der Waals surface area (Å²) in [7, 11) is 0. The van der Waals surface area contributed by atoms with E-state index >= 15 is 0 Å². The van der Waals surface area contributed by atoms with Crippen LogP contribution in [0.3, 0.4) is 0 Å². The van der Waals surface area contributed by atoms with E-state index in [0.717, 1.165) is 18.7 Å². The molecule has 0 amide bonds. The second-order valence-corrected chi connectivity index (χ2v) is 3.11. The molecule has 9 heavy (non-hydrogen) atoms. The van der Waals surface area contributed by atoms with Crippen LogP contribution in [0.25, 0.3) is 0 Å². The minimum atomic E-state index is 0.748. The third-order valence-electron chi connectivity index (χ3n) is 1.04. The van der Waals surface area contributed by atoms with Crippen molar-refractivity contribution in [1.82, 2.24) is 4.98 Å². The van der Waals surface area contributed by atoms with E-state index in [0.29, 0.717) is 0 Å². The number of thiazole rings is 1. The Kier molecular flexibility index (Phi) is 3.01. The monoisotopic (exact) mass is 161 g/mol. The minimum Gasteiger partial charge on any atom is -0.253 e. The van der Waals surface area contributed by atoms with Crippen LogP contribution in [0.5, 0.6) is 0 Å². The number of nitrogens with zero attached hydrogens (tertiary/aromatic N) is 1. The van der Waals surface area contributed by atoms with Gasteiger partial charge in [0.25, 0.3) is 0 Å². The number of halogens is 1. The van der Waals surface area contributed by atoms with Gasteiger partial charge in [-0.3, -0.25) is 4.98 Å². The fourth-order valence-electron chi connectivity index (χ4n) is 0.607. The summed E-state index contributed by atoms with van der Waals surface area (Å²) >= 11 is 7.20. The maximum Gasteiger partial charge on any atom is 0.0794 e. The van der Waals surface area contributed by atoms with Gasteiger partial charge >= 0.3 is 0 Å². The average molecular weight is 162 g/mol. The van der Waals surface area contributed by atoms with Gasteiger partial charge in [0.1, 0.15) is 0 Å². The quantitative estimate of drug-likeness (QED) is 0.620. The van der Waals surface area contributed by atoms with E-state index in [9.17, 15) is 0 Å². The van der Waals surface area contributed by atoms with Gasteiger partial charge in [0.2, 0.25) is 0 Å². The Morgan fingerprint density at radius 1 is 1.67 bits per heavy atom. The zero-order chi connectivity index (χ0) is 6.53. The first-order valence-corrected chi connectivity index (χ1v) is 4.28. The van der Waals surface area contributed by atoms with Crippen molar-refractivity contribution in [2.45, 2.75) is 12.8 Å². The van der Waals surface area contributed by atoms with Crippen molar-refractivity contribution in [1.29, 1.82) is 0 Å². The molecule has 0 unspecified atom stereocenters. The van der Waals surface area contributed by atoms with Crippen LogP contribution in [0, 0.1) is 0 Å². The molecular weight excluding hydrogens is 154 g/mol. The topological polar surface area (TPSA) is 12.9 Å². The van der Waals surface area contributed by atoms with Crippen LogP contribution < -0.4 is 0 Å². The Hall–Kier alpha value is -0.0800. The minimum absolute atomic E-state index is 0.748. The number of hydrogen-bond donors (Lipinski definition) is 0. The van der Waals surface area contributed by atoms with Crippen molar-refractivity contribution in [3.8, 4) is 0 Å². The first-order valence-electron chi connectivity index (χ1n) is 2.87. The maximum absolute atomic E-state index is 5.50. The molecule has 1 aromatic heterocycles. The largest absolute Gasteiger partial charge is 0.253 e. The van der Waals surface area contributed by atoms with Crippen LogP contribution in [0.15, 0.2) is 11.7 Å². The summed E-state index contributed by atoms with van der Waals surface area (Å²) in [4.78, 5) is 5.28. The van der Waals surface area contributed by atoms with Crippen molar-refractivity contribution < 1.29 is 0 Å². The lowest BCUT2D eigenvalue weighted by atomic mass is 10.3. The maximum atomic E-state index is 5.50. The van der Waals surface area contributed by atoms with Crippen LogP contribution in [-0.4, -0.2) is 10.9 Å². The lowest BCUT2D eigenvalue weighted by molar-refractivity contribution is 0.943. The van der Waals surface area contributed by atoms with Crippen LogP contribution in [0.1, 0.15) is 11.3 Å². The highest BCUT2D eigenvalue weighted by atomic mass is 35.5. The number of aryl methyl sites for hydroxylation is 1. The summed E-state index contributed by atoms with van der Waals surface area (Å²) in [5.41, 5.74) is 1.85. The lowest BCUT2D eigenvalue weighted by Gasteiger charge is -1.88. The second-order valence-electron chi connectivity index (χ2n) is 1.76. The van der Waals surface area contributed by atoms with E-state index in [1.807, 2.05) is 11.7 Å². The molecule has 0 saturated carbocycles. The molecule has 0 bridgehead atoms. The van der Waals surface area contributed by atoms with Crippen molar-refractivity contribution in [2.24, 2.45) is 0 Å². The van der Waals surface area contributed by atoms with Crippen molar-refractivity contribution in [3.63, 3.8) is 0 Å². The molecule has 0 radical (unpaired) electrons. The standard InChI is InChI=1S/C6H8ClNS/c7-3-1-2-6-4-8-5-9-6/h4-5H,1-3H2. The zero-order valence-electron chi connectivity index (χ0n) is 5.01. The third-order valence-corrected chi connectivity index (χ3v) is 2.15. The lowest BCUT2D eigenvalue weighted by Crippen LogP contribution is -1.79. The molecular formula is C6H8ClNS. The molecule has 0 N–H and O–H groups in total. The van der Waals surface area contributed by atoms with Gasteiger partial charge in [0.05, 0.1) is 5.51 Å². The summed E-state index contributed by atoms with van der Waals surface area (Å²) in [6, 6.07) is 0. The van der Waals surface area contributed by atoms with Gasteiger partial charge in [-0.1, -0.05) is 0 Å². The normalized spacial score (nSPS) is 9.89. The van der Waals surface area contributed by atoms with Gasteiger partial charge in [-0.2, -0.15) is 0 Å². The molecule has 1 aromatic rings. The molecule has 0 spiro atoms. The van der Waals surface area contributed by atoms with Gasteiger partial charge in [0, 0.05) is 17.0 Å². The van der Waals surface area contributed by atoms with E-state index in [1.165, 1.54) is 4.88 Å². The highest BCUT2D eigenvalue weighted by Gasteiger charge is 1.91. The summed E-state index contributed by atoms with van der Waals surface area (Å²) in [5.74, 6) is 0.748. The number of alkyl halides is 1. The fraction of sp³-hybridized carbons (Fsp3) is 0.500. The van der Waals surface area contributed by atoms with E-state index in [4.69, 9.17) is 11.6 Å². The Morgan fingerprint density at radius 2 is 2.56 bits per heavy atom. The van der Waals surface area contributed by atoms with Crippen LogP contribution >= 0.6 is 22.9 Å². The molecule has 0 atom stereocenters. The number of rotatable bonds is 3. The van der Waals surface area contributed by atoms with Gasteiger partial charge in [-0.25, -0.2) is 0 Å². The van der Waals surface area contributed by atoms with Crippen molar-refractivity contribution >= 4 is 22.9 Å². The highest BCUT2D eigenvalue weighted by molar-refractivity contribution is 7.09. The summed E-state index contributed by atoms with van der Waals surface area (Å²) < 4.78 is 0. The molecule has 1 nitrogen and oxygen atoms in total. The first-order chi connectivity index (χ1) is 4.43. The van der Waals surface area contributed by atoms with Gasteiger partial charge in [-0.05, 0) is 12.8 Å². The zero-order valence-corrected chi connectivity index (χ0v) is 6.58. The van der Waals surface area contributed by atoms with Crippen molar-refractivity contribution in [2.75, 3.05) is 5.88 Å².